The number of hydrogen-bond donors (Lipinski definition) is 1. The number of amides is 2. The summed E-state index contributed by atoms with van der Waals surface area (Å²) in [5, 5.41) is 3.56. The zero-order valence-electron chi connectivity index (χ0n) is 20.7. The molecule has 1 N–H and O–H groups in total. The molecule has 0 aliphatic carbocycles. The Labute approximate surface area is 220 Å². The van der Waals surface area contributed by atoms with E-state index in [1.807, 2.05) is 0 Å². The van der Waals surface area contributed by atoms with Crippen LogP contribution in [0.5, 0.6) is 5.75 Å². The van der Waals surface area contributed by atoms with Gasteiger partial charge in [-0.1, -0.05) is 15.9 Å². The van der Waals surface area contributed by atoms with Crippen molar-refractivity contribution in [3.05, 3.63) is 46.9 Å². The van der Waals surface area contributed by atoms with Gasteiger partial charge in [0.1, 0.15) is 29.3 Å². The van der Waals surface area contributed by atoms with Crippen molar-refractivity contribution >= 4 is 56.2 Å². The SMILES string of the molecule is COc1cc2ncnc(Nc3ccc(Br)cc3F)c2cc1N1CC2(CN(C(=O)OC(C)(C)C)C2)OC1=O. The Bertz CT molecular complexity index is 1410. The third-order valence-corrected chi connectivity index (χ3v) is 6.48. The lowest BCUT2D eigenvalue weighted by Crippen LogP contribution is -2.66. The van der Waals surface area contributed by atoms with E-state index in [4.69, 9.17) is 14.2 Å². The van der Waals surface area contributed by atoms with Crippen molar-refractivity contribution in [2.45, 2.75) is 32.0 Å². The maximum absolute atomic E-state index is 14.5. The average molecular weight is 574 g/mol. The van der Waals surface area contributed by atoms with Gasteiger partial charge in [0.05, 0.1) is 43.6 Å². The molecule has 2 aliphatic rings. The maximum Gasteiger partial charge on any atom is 0.415 e. The number of methoxy groups -OCH3 is 1. The van der Waals surface area contributed by atoms with Gasteiger partial charge in [0.25, 0.3) is 0 Å². The normalized spacial score (nSPS) is 16.5. The zero-order valence-corrected chi connectivity index (χ0v) is 22.3. The first-order chi connectivity index (χ1) is 17.5. The molecule has 0 radical (unpaired) electrons. The number of carbonyl (C=O) groups excluding carboxylic acids is 2. The lowest BCUT2D eigenvalue weighted by molar-refractivity contribution is -0.0779. The number of nitrogens with zero attached hydrogens (tertiary/aromatic N) is 4. The summed E-state index contributed by atoms with van der Waals surface area (Å²) in [5.41, 5.74) is -0.247. The number of halogens is 2. The van der Waals surface area contributed by atoms with Crippen molar-refractivity contribution < 1.29 is 28.2 Å². The second-order valence-electron chi connectivity index (χ2n) is 9.99. The van der Waals surface area contributed by atoms with Crippen molar-refractivity contribution in [1.29, 1.82) is 0 Å². The van der Waals surface area contributed by atoms with Crippen LogP contribution in [-0.4, -0.2) is 65.0 Å². The summed E-state index contributed by atoms with van der Waals surface area (Å²) >= 11 is 3.25. The Morgan fingerprint density at radius 3 is 2.62 bits per heavy atom. The van der Waals surface area contributed by atoms with E-state index in [9.17, 15) is 14.0 Å². The summed E-state index contributed by atoms with van der Waals surface area (Å²) in [6, 6.07) is 8.03. The topological polar surface area (TPSA) is 106 Å². The molecule has 2 saturated heterocycles. The second kappa shape index (κ2) is 9.02. The van der Waals surface area contributed by atoms with Gasteiger partial charge in [0, 0.05) is 15.9 Å². The Hall–Kier alpha value is -3.67. The molecule has 2 fully saturated rings. The highest BCUT2D eigenvalue weighted by atomic mass is 79.9. The van der Waals surface area contributed by atoms with Crippen LogP contribution in [0.3, 0.4) is 0 Å². The summed E-state index contributed by atoms with van der Waals surface area (Å²) in [4.78, 5) is 36.9. The summed E-state index contributed by atoms with van der Waals surface area (Å²) in [6.45, 7) is 6.04. The molecule has 37 heavy (non-hydrogen) atoms. The second-order valence-corrected chi connectivity index (χ2v) is 10.9. The fourth-order valence-electron chi connectivity index (χ4n) is 4.34. The molecule has 0 saturated carbocycles. The van der Waals surface area contributed by atoms with E-state index in [2.05, 4.69) is 31.2 Å². The quantitative estimate of drug-likeness (QED) is 0.452. The van der Waals surface area contributed by atoms with E-state index >= 15 is 0 Å². The molecule has 194 valence electrons. The molecule has 10 nitrogen and oxygen atoms in total. The highest BCUT2D eigenvalue weighted by molar-refractivity contribution is 9.10. The van der Waals surface area contributed by atoms with Crippen molar-refractivity contribution in [1.82, 2.24) is 14.9 Å². The highest BCUT2D eigenvalue weighted by Crippen LogP contribution is 2.41. The van der Waals surface area contributed by atoms with Crippen LogP contribution in [0.4, 0.5) is 31.2 Å². The smallest absolute Gasteiger partial charge is 0.415 e. The molecule has 5 rings (SSSR count). The first-order valence-corrected chi connectivity index (χ1v) is 12.3. The Morgan fingerprint density at radius 1 is 1.19 bits per heavy atom. The predicted molar refractivity (Wildman–Crippen MR) is 138 cm³/mol. The van der Waals surface area contributed by atoms with Crippen LogP contribution >= 0.6 is 15.9 Å². The van der Waals surface area contributed by atoms with Gasteiger partial charge < -0.3 is 19.5 Å². The van der Waals surface area contributed by atoms with Gasteiger partial charge in [-0.15, -0.1) is 0 Å². The summed E-state index contributed by atoms with van der Waals surface area (Å²) in [5.74, 6) is 0.306. The molecule has 1 spiro atoms. The first kappa shape index (κ1) is 25.0. The predicted octanol–water partition coefficient (Wildman–Crippen LogP) is 5.23. The lowest BCUT2D eigenvalue weighted by Gasteiger charge is -2.45. The van der Waals surface area contributed by atoms with Crippen LogP contribution in [0.2, 0.25) is 0 Å². The minimum atomic E-state index is -0.844. The number of hydrogen-bond acceptors (Lipinski definition) is 8. The summed E-state index contributed by atoms with van der Waals surface area (Å²) in [7, 11) is 1.49. The highest BCUT2D eigenvalue weighted by Gasteiger charge is 2.56. The van der Waals surface area contributed by atoms with E-state index in [0.29, 0.717) is 32.6 Å². The molecule has 0 unspecified atom stereocenters. The van der Waals surface area contributed by atoms with Crippen molar-refractivity contribution in [3.63, 3.8) is 0 Å². The van der Waals surface area contributed by atoms with Crippen LogP contribution in [0, 0.1) is 5.82 Å². The number of rotatable bonds is 4. The molecule has 12 heteroatoms. The van der Waals surface area contributed by atoms with E-state index in [-0.39, 0.29) is 25.3 Å². The summed E-state index contributed by atoms with van der Waals surface area (Å²) in [6.07, 6.45) is 0.343. The number of aromatic nitrogens is 2. The van der Waals surface area contributed by atoms with Crippen LogP contribution in [0.15, 0.2) is 41.1 Å². The Kier molecular flexibility index (Phi) is 6.09. The van der Waals surface area contributed by atoms with Crippen LogP contribution in [-0.2, 0) is 9.47 Å². The van der Waals surface area contributed by atoms with Crippen LogP contribution < -0.4 is 15.0 Å². The van der Waals surface area contributed by atoms with E-state index in [1.165, 1.54) is 29.3 Å². The molecule has 2 amide bonds. The number of nitrogens with one attached hydrogen (secondary N) is 1. The fraction of sp³-hybridized carbons (Fsp3) is 0.360. The van der Waals surface area contributed by atoms with Crippen LogP contribution in [0.1, 0.15) is 20.8 Å². The molecule has 1 aromatic heterocycles. The first-order valence-electron chi connectivity index (χ1n) is 11.5. The van der Waals surface area contributed by atoms with E-state index in [0.717, 1.165) is 0 Å². The average Bonchev–Trinajstić information content (AvgIpc) is 3.15. The van der Waals surface area contributed by atoms with Gasteiger partial charge in [-0.05, 0) is 45.0 Å². The minimum absolute atomic E-state index is 0.213. The standard InChI is InChI=1S/C25H25BrFN5O5/c1-24(2,3)36-22(33)31-10-25(11-31)12-32(23(34)37-25)19-8-15-18(9-20(19)35-4)28-13-29-21(15)30-17-6-5-14(26)7-16(17)27/h5-9,13H,10-12H2,1-4H3,(H,28,29,30). The lowest BCUT2D eigenvalue weighted by atomic mass is 9.94. The van der Waals surface area contributed by atoms with Crippen molar-refractivity contribution in [2.24, 2.45) is 0 Å². The van der Waals surface area contributed by atoms with E-state index < -0.39 is 29.2 Å². The van der Waals surface area contributed by atoms with Crippen molar-refractivity contribution in [2.75, 3.05) is 37.0 Å². The molecular formula is C25H25BrFN5O5. The van der Waals surface area contributed by atoms with Gasteiger partial charge in [0.15, 0.2) is 5.60 Å². The molecular weight excluding hydrogens is 549 g/mol. The largest absolute Gasteiger partial charge is 0.494 e. The molecule has 2 aliphatic heterocycles. The third kappa shape index (κ3) is 4.85. The molecule has 0 atom stereocenters. The zero-order chi connectivity index (χ0) is 26.5. The number of anilines is 3. The van der Waals surface area contributed by atoms with Gasteiger partial charge in [-0.2, -0.15) is 0 Å². The summed E-state index contributed by atoms with van der Waals surface area (Å²) < 4.78 is 31.8. The number of benzene rings is 2. The fourth-order valence-corrected chi connectivity index (χ4v) is 4.68. The molecule has 0 bridgehead atoms. The van der Waals surface area contributed by atoms with Gasteiger partial charge in [-0.3, -0.25) is 9.80 Å². The third-order valence-electron chi connectivity index (χ3n) is 5.99. The maximum atomic E-state index is 14.5. The Morgan fingerprint density at radius 2 is 1.95 bits per heavy atom. The van der Waals surface area contributed by atoms with Gasteiger partial charge in [-0.25, -0.2) is 23.9 Å². The molecule has 2 aromatic carbocycles. The van der Waals surface area contributed by atoms with Crippen molar-refractivity contribution in [3.8, 4) is 5.75 Å². The number of fused-ring (bicyclic) bond motifs is 1. The monoisotopic (exact) mass is 573 g/mol. The number of carbonyl (C=O) groups is 2. The van der Waals surface area contributed by atoms with Gasteiger partial charge in [0.2, 0.25) is 0 Å². The minimum Gasteiger partial charge on any atom is -0.494 e. The molecule has 3 heterocycles. The molecule has 3 aromatic rings. The number of ether oxygens (including phenoxy) is 3. The Balaban J connectivity index is 1.43. The van der Waals surface area contributed by atoms with E-state index in [1.54, 1.807) is 45.0 Å². The van der Waals surface area contributed by atoms with Gasteiger partial charge >= 0.3 is 12.2 Å². The number of likely N-dealkylation sites (tertiary alicyclic amines) is 1. The van der Waals surface area contributed by atoms with Crippen LogP contribution in [0.25, 0.3) is 10.9 Å².